The SMILES string of the molecule is O=C(Cc1ccn(-c2ccc(Cl)cc2Cl)n1)CN1CCOCC1. The van der Waals surface area contributed by atoms with Gasteiger partial charge >= 0.3 is 0 Å². The lowest BCUT2D eigenvalue weighted by molar-refractivity contribution is -0.120. The molecule has 2 aromatic rings. The first-order valence-corrected chi connectivity index (χ1v) is 8.19. The zero-order valence-electron chi connectivity index (χ0n) is 12.5. The van der Waals surface area contributed by atoms with Gasteiger partial charge in [0.25, 0.3) is 0 Å². The number of aromatic nitrogens is 2. The molecule has 23 heavy (non-hydrogen) atoms. The Hall–Kier alpha value is -1.40. The second kappa shape index (κ2) is 7.45. The second-order valence-corrected chi connectivity index (χ2v) is 6.29. The van der Waals surface area contributed by atoms with Crippen LogP contribution in [0.3, 0.4) is 0 Å². The van der Waals surface area contributed by atoms with E-state index in [0.717, 1.165) is 24.5 Å². The van der Waals surface area contributed by atoms with Crippen LogP contribution in [-0.4, -0.2) is 53.3 Å². The Kier molecular flexibility index (Phi) is 5.33. The average Bonchev–Trinajstić information content (AvgIpc) is 2.96. The molecule has 7 heteroatoms. The molecule has 2 heterocycles. The van der Waals surface area contributed by atoms with E-state index in [-0.39, 0.29) is 5.78 Å². The molecule has 0 unspecified atom stereocenters. The molecular formula is C16H17Cl2N3O2. The number of carbonyl (C=O) groups is 1. The number of carbonyl (C=O) groups excluding carboxylic acids is 1. The van der Waals surface area contributed by atoms with Gasteiger partial charge in [0.2, 0.25) is 0 Å². The van der Waals surface area contributed by atoms with Crippen LogP contribution >= 0.6 is 23.2 Å². The van der Waals surface area contributed by atoms with Crippen molar-refractivity contribution in [3.05, 3.63) is 46.2 Å². The summed E-state index contributed by atoms with van der Waals surface area (Å²) in [6, 6.07) is 7.07. The zero-order valence-corrected chi connectivity index (χ0v) is 14.1. The van der Waals surface area contributed by atoms with Gasteiger partial charge in [0.15, 0.2) is 5.78 Å². The summed E-state index contributed by atoms with van der Waals surface area (Å²) in [4.78, 5) is 14.3. The van der Waals surface area contributed by atoms with Crippen molar-refractivity contribution in [3.8, 4) is 5.69 Å². The van der Waals surface area contributed by atoms with E-state index in [1.165, 1.54) is 0 Å². The van der Waals surface area contributed by atoms with Gasteiger partial charge < -0.3 is 4.74 Å². The molecule has 1 aromatic carbocycles. The van der Waals surface area contributed by atoms with Gasteiger partial charge in [-0.05, 0) is 24.3 Å². The fourth-order valence-electron chi connectivity index (χ4n) is 2.52. The third-order valence-electron chi connectivity index (χ3n) is 3.68. The molecule has 0 N–H and O–H groups in total. The maximum atomic E-state index is 12.2. The van der Waals surface area contributed by atoms with E-state index >= 15 is 0 Å². The molecule has 5 nitrogen and oxygen atoms in total. The zero-order chi connectivity index (χ0) is 16.2. The van der Waals surface area contributed by atoms with E-state index < -0.39 is 0 Å². The fraction of sp³-hybridized carbons (Fsp3) is 0.375. The average molecular weight is 354 g/mol. The Labute approximate surface area is 144 Å². The number of ketones is 1. The molecule has 0 saturated carbocycles. The topological polar surface area (TPSA) is 47.4 Å². The Bertz CT molecular complexity index is 696. The van der Waals surface area contributed by atoms with Gasteiger partial charge in [-0.1, -0.05) is 23.2 Å². The minimum Gasteiger partial charge on any atom is -0.379 e. The summed E-state index contributed by atoms with van der Waals surface area (Å²) >= 11 is 12.1. The van der Waals surface area contributed by atoms with Gasteiger partial charge in [-0.2, -0.15) is 5.10 Å². The third kappa shape index (κ3) is 4.32. The molecule has 1 saturated heterocycles. The molecule has 1 fully saturated rings. The van der Waals surface area contributed by atoms with Crippen LogP contribution in [0.4, 0.5) is 0 Å². The predicted molar refractivity (Wildman–Crippen MR) is 89.6 cm³/mol. The number of benzene rings is 1. The van der Waals surface area contributed by atoms with Crippen molar-refractivity contribution in [2.24, 2.45) is 0 Å². The van der Waals surface area contributed by atoms with Crippen LogP contribution in [0.2, 0.25) is 10.0 Å². The Balaban J connectivity index is 1.63. The molecule has 0 amide bonds. The van der Waals surface area contributed by atoms with Gasteiger partial charge in [-0.25, -0.2) is 4.68 Å². The molecule has 0 atom stereocenters. The monoisotopic (exact) mass is 353 g/mol. The van der Waals surface area contributed by atoms with Crippen LogP contribution in [0.1, 0.15) is 5.69 Å². The molecule has 1 aliphatic rings. The first-order chi connectivity index (χ1) is 11.1. The Morgan fingerprint density at radius 1 is 1.22 bits per heavy atom. The van der Waals surface area contributed by atoms with Gasteiger partial charge in [0.1, 0.15) is 0 Å². The lowest BCUT2D eigenvalue weighted by Gasteiger charge is -2.25. The minimum absolute atomic E-state index is 0.152. The highest BCUT2D eigenvalue weighted by Gasteiger charge is 2.15. The lowest BCUT2D eigenvalue weighted by Crippen LogP contribution is -2.39. The van der Waals surface area contributed by atoms with Crippen molar-refractivity contribution >= 4 is 29.0 Å². The van der Waals surface area contributed by atoms with Gasteiger partial charge in [0, 0.05) is 24.3 Å². The normalized spacial score (nSPS) is 15.7. The summed E-state index contributed by atoms with van der Waals surface area (Å²) in [6.07, 6.45) is 2.11. The highest BCUT2D eigenvalue weighted by molar-refractivity contribution is 6.35. The fourth-order valence-corrected chi connectivity index (χ4v) is 3.02. The molecule has 0 radical (unpaired) electrons. The smallest absolute Gasteiger partial charge is 0.152 e. The molecule has 122 valence electrons. The molecule has 1 aromatic heterocycles. The van der Waals surface area contributed by atoms with E-state index in [1.807, 2.05) is 6.07 Å². The van der Waals surface area contributed by atoms with Crippen molar-refractivity contribution in [1.29, 1.82) is 0 Å². The van der Waals surface area contributed by atoms with Crippen LogP contribution in [0, 0.1) is 0 Å². The standard InChI is InChI=1S/C16H17Cl2N3O2/c17-12-1-2-16(15(18)9-12)21-4-3-13(19-21)10-14(22)11-20-5-7-23-8-6-20/h1-4,9H,5-8,10-11H2. The Morgan fingerprint density at radius 3 is 2.74 bits per heavy atom. The molecule has 0 bridgehead atoms. The number of ether oxygens (including phenoxy) is 1. The molecule has 1 aliphatic heterocycles. The summed E-state index contributed by atoms with van der Waals surface area (Å²) in [5.74, 6) is 0.152. The molecule has 0 aliphatic carbocycles. The summed E-state index contributed by atoms with van der Waals surface area (Å²) in [5.41, 5.74) is 1.47. The number of rotatable bonds is 5. The summed E-state index contributed by atoms with van der Waals surface area (Å²) in [7, 11) is 0. The summed E-state index contributed by atoms with van der Waals surface area (Å²) in [5, 5.41) is 5.53. The molecule has 3 rings (SSSR count). The van der Waals surface area contributed by atoms with Crippen LogP contribution in [0.25, 0.3) is 5.69 Å². The highest BCUT2D eigenvalue weighted by Crippen LogP contribution is 2.24. The Morgan fingerprint density at radius 2 is 2.00 bits per heavy atom. The minimum atomic E-state index is 0.152. The van der Waals surface area contributed by atoms with Gasteiger partial charge in [-0.15, -0.1) is 0 Å². The maximum absolute atomic E-state index is 12.2. The van der Waals surface area contributed by atoms with E-state index in [9.17, 15) is 4.79 Å². The van der Waals surface area contributed by atoms with Crippen LogP contribution in [-0.2, 0) is 16.0 Å². The number of nitrogens with zero attached hydrogens (tertiary/aromatic N) is 3. The van der Waals surface area contributed by atoms with E-state index in [1.54, 1.807) is 29.1 Å². The third-order valence-corrected chi connectivity index (χ3v) is 4.22. The number of hydrogen-bond donors (Lipinski definition) is 0. The van der Waals surface area contributed by atoms with Crippen molar-refractivity contribution in [3.63, 3.8) is 0 Å². The number of Topliss-reactive ketones (excluding diaryl/α,β-unsaturated/α-hetero) is 1. The van der Waals surface area contributed by atoms with E-state index in [2.05, 4.69) is 10.00 Å². The quantitative estimate of drug-likeness (QED) is 0.828. The number of hydrogen-bond acceptors (Lipinski definition) is 4. The van der Waals surface area contributed by atoms with Crippen molar-refractivity contribution in [2.45, 2.75) is 6.42 Å². The first kappa shape index (κ1) is 16.5. The summed E-state index contributed by atoms with van der Waals surface area (Å²) in [6.45, 7) is 3.44. The van der Waals surface area contributed by atoms with E-state index in [4.69, 9.17) is 27.9 Å². The second-order valence-electron chi connectivity index (χ2n) is 5.45. The lowest BCUT2D eigenvalue weighted by atomic mass is 10.2. The van der Waals surface area contributed by atoms with Crippen LogP contribution in [0.15, 0.2) is 30.5 Å². The van der Waals surface area contributed by atoms with Crippen molar-refractivity contribution in [1.82, 2.24) is 14.7 Å². The van der Waals surface area contributed by atoms with Gasteiger partial charge in [-0.3, -0.25) is 9.69 Å². The maximum Gasteiger partial charge on any atom is 0.152 e. The first-order valence-electron chi connectivity index (χ1n) is 7.43. The van der Waals surface area contributed by atoms with E-state index in [0.29, 0.717) is 36.2 Å². The van der Waals surface area contributed by atoms with Gasteiger partial charge in [0.05, 0.1) is 42.6 Å². The predicted octanol–water partition coefficient (Wildman–Crippen LogP) is 2.62. The molecule has 0 spiro atoms. The number of halogens is 2. The summed E-state index contributed by atoms with van der Waals surface area (Å²) < 4.78 is 6.94. The van der Waals surface area contributed by atoms with Crippen LogP contribution < -0.4 is 0 Å². The van der Waals surface area contributed by atoms with Crippen molar-refractivity contribution < 1.29 is 9.53 Å². The number of morpholine rings is 1. The van der Waals surface area contributed by atoms with Crippen LogP contribution in [0.5, 0.6) is 0 Å². The largest absolute Gasteiger partial charge is 0.379 e. The highest BCUT2D eigenvalue weighted by atomic mass is 35.5. The van der Waals surface area contributed by atoms with Crippen molar-refractivity contribution in [2.75, 3.05) is 32.8 Å². The molecular weight excluding hydrogens is 337 g/mol.